The molecule has 0 aliphatic rings. The quantitative estimate of drug-likeness (QED) is 0.616. The fourth-order valence-electron chi connectivity index (χ4n) is 0.912. The highest BCUT2D eigenvalue weighted by molar-refractivity contribution is 5.68. The summed E-state index contributed by atoms with van der Waals surface area (Å²) < 4.78 is 12.6. The first-order chi connectivity index (χ1) is 5.75. The van der Waals surface area contributed by atoms with Crippen LogP contribution in [0, 0.1) is 5.82 Å². The Bertz CT molecular complexity index is 479. The van der Waals surface area contributed by atoms with Crippen LogP contribution >= 0.6 is 0 Å². The average Bonchev–Trinajstić information content (AvgIpc) is 2.03. The maximum absolute atomic E-state index is 12.6. The number of nitrogens with zero attached hydrogens (tertiary/aromatic N) is 2. The SMILES string of the molecule is O=c1cnc2ncc(F)cc2[nH]1. The Morgan fingerprint density at radius 2 is 2.08 bits per heavy atom. The molecule has 0 radical (unpaired) electrons. The summed E-state index contributed by atoms with van der Waals surface area (Å²) in [5, 5.41) is 0. The van der Waals surface area contributed by atoms with Crippen molar-refractivity contribution in [3.05, 3.63) is 34.6 Å². The molecular weight excluding hydrogens is 161 g/mol. The minimum absolute atomic E-state index is 0.308. The topological polar surface area (TPSA) is 58.6 Å². The van der Waals surface area contributed by atoms with Crippen LogP contribution in [-0.2, 0) is 0 Å². The third-order valence-electron chi connectivity index (χ3n) is 1.40. The molecule has 2 rings (SSSR count). The molecule has 2 heterocycles. The normalized spacial score (nSPS) is 10.4. The Balaban J connectivity index is 2.89. The lowest BCUT2D eigenvalue weighted by Crippen LogP contribution is -2.05. The summed E-state index contributed by atoms with van der Waals surface area (Å²) in [5.41, 5.74) is 0.272. The molecule has 0 aliphatic carbocycles. The van der Waals surface area contributed by atoms with E-state index in [9.17, 15) is 9.18 Å². The Morgan fingerprint density at radius 1 is 1.33 bits per heavy atom. The van der Waals surface area contributed by atoms with E-state index in [-0.39, 0.29) is 5.56 Å². The van der Waals surface area contributed by atoms with Crippen molar-refractivity contribution in [3.8, 4) is 0 Å². The molecule has 0 aliphatic heterocycles. The number of hydrogen-bond acceptors (Lipinski definition) is 3. The monoisotopic (exact) mass is 165 g/mol. The van der Waals surface area contributed by atoms with Crippen LogP contribution in [0.5, 0.6) is 0 Å². The van der Waals surface area contributed by atoms with Crippen molar-refractivity contribution >= 4 is 11.2 Å². The lowest BCUT2D eigenvalue weighted by atomic mass is 10.4. The Labute approximate surface area is 66.1 Å². The number of aromatic nitrogens is 3. The number of hydrogen-bond donors (Lipinski definition) is 1. The van der Waals surface area contributed by atoms with Gasteiger partial charge in [0.2, 0.25) is 0 Å². The van der Waals surface area contributed by atoms with Gasteiger partial charge in [0.25, 0.3) is 5.56 Å². The van der Waals surface area contributed by atoms with Gasteiger partial charge in [0.15, 0.2) is 5.65 Å². The van der Waals surface area contributed by atoms with Crippen molar-refractivity contribution in [2.24, 2.45) is 0 Å². The van der Waals surface area contributed by atoms with Crippen molar-refractivity contribution in [2.75, 3.05) is 0 Å². The molecule has 12 heavy (non-hydrogen) atoms. The zero-order chi connectivity index (χ0) is 8.55. The second kappa shape index (κ2) is 2.37. The largest absolute Gasteiger partial charge is 0.318 e. The standard InChI is InChI=1S/C7H4FN3O/c8-4-1-5-7(9-2-4)10-3-6(12)11-5/h1-3H,(H,11,12). The summed E-state index contributed by atoms with van der Waals surface area (Å²) in [5.74, 6) is -0.494. The van der Waals surface area contributed by atoms with Gasteiger partial charge in [0, 0.05) is 6.07 Å². The van der Waals surface area contributed by atoms with Gasteiger partial charge in [0.1, 0.15) is 5.82 Å². The lowest BCUT2D eigenvalue weighted by Gasteiger charge is -1.93. The number of aromatic amines is 1. The molecule has 0 bridgehead atoms. The van der Waals surface area contributed by atoms with E-state index in [0.29, 0.717) is 11.2 Å². The molecule has 0 spiro atoms. The molecule has 60 valence electrons. The average molecular weight is 165 g/mol. The summed E-state index contributed by atoms with van der Waals surface area (Å²) in [6, 6.07) is 1.18. The minimum Gasteiger partial charge on any atom is -0.318 e. The van der Waals surface area contributed by atoms with E-state index >= 15 is 0 Å². The smallest absolute Gasteiger partial charge is 0.266 e. The van der Waals surface area contributed by atoms with E-state index in [0.717, 1.165) is 12.4 Å². The highest BCUT2D eigenvalue weighted by Crippen LogP contribution is 2.03. The summed E-state index contributed by atoms with van der Waals surface area (Å²) >= 11 is 0. The van der Waals surface area contributed by atoms with Crippen molar-refractivity contribution in [3.63, 3.8) is 0 Å². The van der Waals surface area contributed by atoms with Crippen molar-refractivity contribution in [2.45, 2.75) is 0 Å². The van der Waals surface area contributed by atoms with E-state index < -0.39 is 5.82 Å². The Hall–Kier alpha value is -1.78. The van der Waals surface area contributed by atoms with Gasteiger partial charge in [-0.1, -0.05) is 0 Å². The second-order valence-corrected chi connectivity index (χ2v) is 2.27. The van der Waals surface area contributed by atoms with Crippen LogP contribution in [-0.4, -0.2) is 15.0 Å². The van der Waals surface area contributed by atoms with Crippen LogP contribution < -0.4 is 5.56 Å². The molecule has 0 aromatic carbocycles. The van der Waals surface area contributed by atoms with Gasteiger partial charge in [0.05, 0.1) is 17.9 Å². The van der Waals surface area contributed by atoms with Crippen LogP contribution in [0.15, 0.2) is 23.3 Å². The molecule has 0 atom stereocenters. The number of halogens is 1. The van der Waals surface area contributed by atoms with E-state index in [2.05, 4.69) is 15.0 Å². The van der Waals surface area contributed by atoms with E-state index in [1.54, 1.807) is 0 Å². The fourth-order valence-corrected chi connectivity index (χ4v) is 0.912. The van der Waals surface area contributed by atoms with Gasteiger partial charge >= 0.3 is 0 Å². The molecule has 0 saturated heterocycles. The molecule has 0 amide bonds. The number of fused-ring (bicyclic) bond motifs is 1. The highest BCUT2D eigenvalue weighted by Gasteiger charge is 1.97. The first-order valence-electron chi connectivity index (χ1n) is 3.26. The van der Waals surface area contributed by atoms with Crippen molar-refractivity contribution in [1.29, 1.82) is 0 Å². The molecule has 0 fully saturated rings. The molecule has 5 heteroatoms. The minimum atomic E-state index is -0.494. The molecule has 2 aromatic heterocycles. The van der Waals surface area contributed by atoms with E-state index in [4.69, 9.17) is 0 Å². The second-order valence-electron chi connectivity index (χ2n) is 2.27. The summed E-state index contributed by atoms with van der Waals surface area (Å²) in [6.45, 7) is 0. The molecule has 4 nitrogen and oxygen atoms in total. The number of pyridine rings is 1. The molecule has 2 aromatic rings. The van der Waals surface area contributed by atoms with Gasteiger partial charge < -0.3 is 4.98 Å². The van der Waals surface area contributed by atoms with Gasteiger partial charge in [-0.3, -0.25) is 4.79 Å². The summed E-state index contributed by atoms with van der Waals surface area (Å²) in [4.78, 5) is 20.5. The first kappa shape index (κ1) is 6.90. The molecular formula is C7H4FN3O. The zero-order valence-corrected chi connectivity index (χ0v) is 5.91. The Kier molecular flexibility index (Phi) is 1.36. The molecule has 0 saturated carbocycles. The van der Waals surface area contributed by atoms with Gasteiger partial charge in [-0.2, -0.15) is 0 Å². The zero-order valence-electron chi connectivity index (χ0n) is 5.91. The van der Waals surface area contributed by atoms with Crippen molar-refractivity contribution < 1.29 is 4.39 Å². The Morgan fingerprint density at radius 3 is 2.92 bits per heavy atom. The molecule has 0 unspecified atom stereocenters. The van der Waals surface area contributed by atoms with Crippen molar-refractivity contribution in [1.82, 2.24) is 15.0 Å². The predicted molar refractivity (Wildman–Crippen MR) is 40.1 cm³/mol. The van der Waals surface area contributed by atoms with Crippen LogP contribution in [0.2, 0.25) is 0 Å². The highest BCUT2D eigenvalue weighted by atomic mass is 19.1. The number of nitrogens with one attached hydrogen (secondary N) is 1. The third-order valence-corrected chi connectivity index (χ3v) is 1.40. The number of rotatable bonds is 0. The maximum Gasteiger partial charge on any atom is 0.266 e. The molecule has 1 N–H and O–H groups in total. The third kappa shape index (κ3) is 1.05. The van der Waals surface area contributed by atoms with E-state index in [1.165, 1.54) is 6.07 Å². The summed E-state index contributed by atoms with van der Waals surface area (Å²) in [7, 11) is 0. The first-order valence-corrected chi connectivity index (χ1v) is 3.26. The maximum atomic E-state index is 12.6. The van der Waals surface area contributed by atoms with E-state index in [1.807, 2.05) is 0 Å². The predicted octanol–water partition coefficient (Wildman–Crippen LogP) is 0.457. The van der Waals surface area contributed by atoms with Gasteiger partial charge in [-0.25, -0.2) is 14.4 Å². The summed E-state index contributed by atoms with van der Waals surface area (Å²) in [6.07, 6.45) is 2.15. The van der Waals surface area contributed by atoms with Crippen LogP contribution in [0.25, 0.3) is 11.2 Å². The lowest BCUT2D eigenvalue weighted by molar-refractivity contribution is 0.623. The van der Waals surface area contributed by atoms with Crippen LogP contribution in [0.4, 0.5) is 4.39 Å². The fraction of sp³-hybridized carbons (Fsp3) is 0. The van der Waals surface area contributed by atoms with Crippen LogP contribution in [0.1, 0.15) is 0 Å². The van der Waals surface area contributed by atoms with Crippen LogP contribution in [0.3, 0.4) is 0 Å². The van der Waals surface area contributed by atoms with Gasteiger partial charge in [-0.15, -0.1) is 0 Å². The van der Waals surface area contributed by atoms with Gasteiger partial charge in [-0.05, 0) is 0 Å². The number of H-pyrrole nitrogens is 1.